The molecule has 23 heavy (non-hydrogen) atoms. The van der Waals surface area contributed by atoms with Crippen molar-refractivity contribution in [3.05, 3.63) is 60.2 Å². The summed E-state index contributed by atoms with van der Waals surface area (Å²) < 4.78 is 28.9. The molecule has 0 aliphatic rings. The Morgan fingerprint density at radius 1 is 1.04 bits per heavy atom. The molecule has 0 spiro atoms. The molecule has 1 N–H and O–H groups in total. The molecular weight excluding hydrogens is 312 g/mol. The molecule has 6 heteroatoms. The van der Waals surface area contributed by atoms with E-state index in [1.54, 1.807) is 26.0 Å². The second-order valence-corrected chi connectivity index (χ2v) is 6.87. The Kier molecular flexibility index (Phi) is 5.52. The van der Waals surface area contributed by atoms with Crippen molar-refractivity contribution < 1.29 is 12.6 Å². The fraction of sp³-hybridized carbons (Fsp3) is 0.235. The van der Waals surface area contributed by atoms with Crippen LogP contribution in [0.3, 0.4) is 0 Å². The number of benzene rings is 2. The van der Waals surface area contributed by atoms with Crippen LogP contribution in [0.1, 0.15) is 26.3 Å². The van der Waals surface area contributed by atoms with Crippen molar-refractivity contribution in [1.82, 2.24) is 0 Å². The first-order valence-corrected chi connectivity index (χ1v) is 8.68. The van der Waals surface area contributed by atoms with Gasteiger partial charge in [0.1, 0.15) is 0 Å². The Bertz CT molecular complexity index is 767. The first kappa shape index (κ1) is 17.2. The summed E-state index contributed by atoms with van der Waals surface area (Å²) >= 11 is 0. The molecule has 0 fully saturated rings. The van der Waals surface area contributed by atoms with Crippen molar-refractivity contribution in [2.24, 2.45) is 5.10 Å². The van der Waals surface area contributed by atoms with E-state index in [1.807, 2.05) is 37.3 Å². The number of rotatable bonds is 6. The van der Waals surface area contributed by atoms with Crippen LogP contribution < -0.4 is 5.43 Å². The lowest BCUT2D eigenvalue weighted by Gasteiger charge is -2.09. The topological polar surface area (TPSA) is 67.8 Å². The van der Waals surface area contributed by atoms with Gasteiger partial charge in [0.05, 0.1) is 22.4 Å². The average molecular weight is 332 g/mol. The van der Waals surface area contributed by atoms with Gasteiger partial charge in [0.15, 0.2) is 0 Å². The van der Waals surface area contributed by atoms with Gasteiger partial charge < -0.3 is 0 Å². The van der Waals surface area contributed by atoms with Crippen LogP contribution in [-0.4, -0.2) is 20.2 Å². The van der Waals surface area contributed by atoms with Crippen LogP contribution in [0.4, 0.5) is 5.69 Å². The van der Waals surface area contributed by atoms with Crippen molar-refractivity contribution in [3.8, 4) is 0 Å². The second-order valence-electron chi connectivity index (χ2n) is 5.30. The predicted molar refractivity (Wildman–Crippen MR) is 92.1 cm³/mol. The molecule has 5 nitrogen and oxygen atoms in total. The molecule has 0 aromatic heterocycles. The molecular formula is C17H20N2O3S. The lowest BCUT2D eigenvalue weighted by Crippen LogP contribution is -2.12. The maximum Gasteiger partial charge on any atom is 0.297 e. The summed E-state index contributed by atoms with van der Waals surface area (Å²) in [6.45, 7) is 5.21. The Hall–Kier alpha value is -2.18. The molecule has 0 radical (unpaired) electrons. The molecule has 0 bridgehead atoms. The number of nitrogens with zero attached hydrogens (tertiary/aromatic N) is 1. The molecule has 2 aromatic carbocycles. The Morgan fingerprint density at radius 3 is 2.22 bits per heavy atom. The fourth-order valence-electron chi connectivity index (χ4n) is 1.90. The van der Waals surface area contributed by atoms with Gasteiger partial charge in [-0.15, -0.1) is 0 Å². The highest BCUT2D eigenvalue weighted by Crippen LogP contribution is 2.16. The Labute approximate surface area is 137 Å². The molecule has 0 aliphatic carbocycles. The van der Waals surface area contributed by atoms with Crippen LogP contribution >= 0.6 is 0 Å². The van der Waals surface area contributed by atoms with E-state index < -0.39 is 16.2 Å². The molecule has 0 heterocycles. The van der Waals surface area contributed by atoms with Gasteiger partial charge in [0.25, 0.3) is 10.1 Å². The first-order chi connectivity index (χ1) is 10.9. The number of anilines is 1. The predicted octanol–water partition coefficient (Wildman–Crippen LogP) is 3.64. The molecule has 0 amide bonds. The number of hydrogen-bond acceptors (Lipinski definition) is 5. The highest BCUT2D eigenvalue weighted by Gasteiger charge is 2.16. The summed E-state index contributed by atoms with van der Waals surface area (Å²) in [7, 11) is -3.71. The summed E-state index contributed by atoms with van der Waals surface area (Å²) in [6.07, 6.45) is -0.391. The maximum absolute atomic E-state index is 12.0. The van der Waals surface area contributed by atoms with Gasteiger partial charge >= 0.3 is 0 Å². The Morgan fingerprint density at radius 2 is 1.65 bits per heavy atom. The molecule has 0 saturated carbocycles. The average Bonchev–Trinajstić information content (AvgIpc) is 2.52. The van der Waals surface area contributed by atoms with Crippen molar-refractivity contribution >= 4 is 21.5 Å². The summed E-state index contributed by atoms with van der Waals surface area (Å²) in [5, 5.41) is 4.29. The zero-order valence-electron chi connectivity index (χ0n) is 13.4. The van der Waals surface area contributed by atoms with Gasteiger partial charge in [0, 0.05) is 0 Å². The van der Waals surface area contributed by atoms with Crippen molar-refractivity contribution in [1.29, 1.82) is 0 Å². The lowest BCUT2D eigenvalue weighted by atomic mass is 10.1. The molecule has 0 aliphatic heterocycles. The second kappa shape index (κ2) is 7.39. The normalized spacial score (nSPS) is 12.4. The van der Waals surface area contributed by atoms with Gasteiger partial charge in [-0.05, 0) is 50.6 Å². The van der Waals surface area contributed by atoms with E-state index in [0.717, 1.165) is 17.0 Å². The largest absolute Gasteiger partial charge is 0.297 e. The van der Waals surface area contributed by atoms with Crippen LogP contribution in [0.2, 0.25) is 0 Å². The van der Waals surface area contributed by atoms with E-state index in [0.29, 0.717) is 0 Å². The van der Waals surface area contributed by atoms with Crippen molar-refractivity contribution in [3.63, 3.8) is 0 Å². The van der Waals surface area contributed by atoms with Crippen LogP contribution in [0.5, 0.6) is 0 Å². The van der Waals surface area contributed by atoms with E-state index in [4.69, 9.17) is 4.18 Å². The van der Waals surface area contributed by atoms with Crippen LogP contribution in [0.25, 0.3) is 0 Å². The van der Waals surface area contributed by atoms with Crippen LogP contribution in [-0.2, 0) is 14.3 Å². The summed E-state index contributed by atoms with van der Waals surface area (Å²) in [6, 6.07) is 16.1. The fourth-order valence-corrected chi connectivity index (χ4v) is 2.98. The van der Waals surface area contributed by atoms with E-state index in [-0.39, 0.29) is 4.90 Å². The standard InChI is InChI=1S/C17H20N2O3S/c1-13(2)22-23(20,21)17-11-9-15(10-12-17)14(3)18-19-16-7-5-4-6-8-16/h4-13,19H,1-3H3/b18-14+. The number of para-hydroxylation sites is 1. The van der Waals surface area contributed by atoms with Crippen LogP contribution in [0.15, 0.2) is 64.6 Å². The lowest BCUT2D eigenvalue weighted by molar-refractivity contribution is 0.249. The van der Waals surface area contributed by atoms with Gasteiger partial charge in [-0.2, -0.15) is 13.5 Å². The van der Waals surface area contributed by atoms with Crippen molar-refractivity contribution in [2.75, 3.05) is 5.43 Å². The number of hydrazone groups is 1. The van der Waals surface area contributed by atoms with Crippen molar-refractivity contribution in [2.45, 2.75) is 31.8 Å². The summed E-state index contributed by atoms with van der Waals surface area (Å²) in [4.78, 5) is 0.138. The summed E-state index contributed by atoms with van der Waals surface area (Å²) in [5.41, 5.74) is 5.43. The summed E-state index contributed by atoms with van der Waals surface area (Å²) in [5.74, 6) is 0. The third kappa shape index (κ3) is 4.91. The smallest absolute Gasteiger partial charge is 0.278 e. The molecule has 0 unspecified atom stereocenters. The van der Waals surface area contributed by atoms with E-state index in [1.165, 1.54) is 12.1 Å². The van der Waals surface area contributed by atoms with Gasteiger partial charge in [-0.1, -0.05) is 30.3 Å². The monoisotopic (exact) mass is 332 g/mol. The third-order valence-electron chi connectivity index (χ3n) is 3.01. The van der Waals surface area contributed by atoms with Gasteiger partial charge in [0.2, 0.25) is 0 Å². The minimum Gasteiger partial charge on any atom is -0.278 e. The zero-order valence-corrected chi connectivity index (χ0v) is 14.2. The van der Waals surface area contributed by atoms with Crippen LogP contribution in [0, 0.1) is 0 Å². The molecule has 2 rings (SSSR count). The maximum atomic E-state index is 12.0. The SMILES string of the molecule is C/C(=N\Nc1ccccc1)c1ccc(S(=O)(=O)OC(C)C)cc1. The molecule has 0 saturated heterocycles. The molecule has 2 aromatic rings. The zero-order chi connectivity index (χ0) is 16.9. The number of nitrogens with one attached hydrogen (secondary N) is 1. The molecule has 122 valence electrons. The van der Waals surface area contributed by atoms with E-state index in [9.17, 15) is 8.42 Å². The minimum atomic E-state index is -3.71. The molecule has 0 atom stereocenters. The van der Waals surface area contributed by atoms with E-state index >= 15 is 0 Å². The Balaban J connectivity index is 2.13. The number of hydrogen-bond donors (Lipinski definition) is 1. The quantitative estimate of drug-likeness (QED) is 0.498. The minimum absolute atomic E-state index is 0.138. The third-order valence-corrected chi connectivity index (χ3v) is 4.49. The highest BCUT2D eigenvalue weighted by atomic mass is 32.2. The van der Waals surface area contributed by atoms with Gasteiger partial charge in [-0.3, -0.25) is 9.61 Å². The van der Waals surface area contributed by atoms with E-state index in [2.05, 4.69) is 10.5 Å². The highest BCUT2D eigenvalue weighted by molar-refractivity contribution is 7.86. The van der Waals surface area contributed by atoms with Gasteiger partial charge in [-0.25, -0.2) is 0 Å². The first-order valence-electron chi connectivity index (χ1n) is 7.27.